The van der Waals surface area contributed by atoms with Crippen molar-refractivity contribution in [3.05, 3.63) is 46.8 Å². The number of carbonyl (C=O) groups excluding carboxylic acids is 1. The number of nitrogens with zero attached hydrogens (tertiary/aromatic N) is 1. The molecule has 3 rings (SSSR count). The minimum Gasteiger partial charge on any atom is -0.508 e. The molecule has 23 heavy (non-hydrogen) atoms. The Kier molecular flexibility index (Phi) is 3.15. The van der Waals surface area contributed by atoms with Crippen LogP contribution in [-0.4, -0.2) is 15.6 Å². The van der Waals surface area contributed by atoms with Crippen LogP contribution in [0.2, 0.25) is 0 Å². The van der Waals surface area contributed by atoms with Crippen molar-refractivity contribution in [1.29, 1.82) is 0 Å². The van der Waals surface area contributed by atoms with E-state index in [0.717, 1.165) is 29.1 Å². The summed E-state index contributed by atoms with van der Waals surface area (Å²) < 4.78 is 2.16. The predicted molar refractivity (Wildman–Crippen MR) is 91.1 cm³/mol. The Labute approximate surface area is 136 Å². The van der Waals surface area contributed by atoms with Gasteiger partial charge < -0.3 is 15.4 Å². The van der Waals surface area contributed by atoms with Crippen molar-refractivity contribution in [3.8, 4) is 11.4 Å². The SMILES string of the molecule is Cc1c2c(c(C)n1-c1ccc(O)cc1)C(C)(C(N)=O)CC2(C)C. The number of benzene rings is 1. The van der Waals surface area contributed by atoms with E-state index in [1.807, 2.05) is 26.0 Å². The van der Waals surface area contributed by atoms with E-state index >= 15 is 0 Å². The third kappa shape index (κ3) is 2.01. The van der Waals surface area contributed by atoms with Crippen molar-refractivity contribution in [1.82, 2.24) is 4.57 Å². The number of fused-ring (bicyclic) bond motifs is 1. The van der Waals surface area contributed by atoms with Crippen molar-refractivity contribution in [2.45, 2.75) is 51.9 Å². The molecule has 1 aliphatic carbocycles. The van der Waals surface area contributed by atoms with Crippen LogP contribution in [0.15, 0.2) is 24.3 Å². The Morgan fingerprint density at radius 2 is 1.61 bits per heavy atom. The van der Waals surface area contributed by atoms with E-state index in [1.54, 1.807) is 12.1 Å². The van der Waals surface area contributed by atoms with Crippen LogP contribution in [0.5, 0.6) is 5.75 Å². The number of amides is 1. The number of rotatable bonds is 2. The lowest BCUT2D eigenvalue weighted by Crippen LogP contribution is -2.38. The number of nitrogens with two attached hydrogens (primary N) is 1. The van der Waals surface area contributed by atoms with E-state index in [1.165, 1.54) is 5.56 Å². The number of primary amides is 1. The standard InChI is InChI=1S/C19H24N2O2/c1-11-15-16(19(5,17(20)23)10-18(15,3)4)12(2)21(11)13-6-8-14(22)9-7-13/h6-9,22H,10H2,1-5H3,(H2,20,23). The molecule has 1 unspecified atom stereocenters. The minimum atomic E-state index is -0.643. The van der Waals surface area contributed by atoms with Gasteiger partial charge >= 0.3 is 0 Å². The molecule has 0 radical (unpaired) electrons. The van der Waals surface area contributed by atoms with E-state index < -0.39 is 5.41 Å². The molecule has 0 aliphatic heterocycles. The summed E-state index contributed by atoms with van der Waals surface area (Å²) >= 11 is 0. The molecule has 0 spiro atoms. The average molecular weight is 312 g/mol. The van der Waals surface area contributed by atoms with Crippen LogP contribution in [-0.2, 0) is 15.6 Å². The maximum absolute atomic E-state index is 12.2. The molecule has 0 saturated heterocycles. The molecule has 3 N–H and O–H groups in total. The first-order chi connectivity index (χ1) is 10.6. The van der Waals surface area contributed by atoms with Crippen molar-refractivity contribution < 1.29 is 9.90 Å². The summed E-state index contributed by atoms with van der Waals surface area (Å²) in [5.41, 5.74) is 10.5. The summed E-state index contributed by atoms with van der Waals surface area (Å²) in [6, 6.07) is 7.13. The van der Waals surface area contributed by atoms with Crippen molar-refractivity contribution in [3.63, 3.8) is 0 Å². The molecule has 122 valence electrons. The van der Waals surface area contributed by atoms with Crippen LogP contribution in [0.3, 0.4) is 0 Å². The summed E-state index contributed by atoms with van der Waals surface area (Å²) in [4.78, 5) is 12.2. The van der Waals surface area contributed by atoms with Gasteiger partial charge in [0.2, 0.25) is 5.91 Å². The summed E-state index contributed by atoms with van der Waals surface area (Å²) in [6.07, 6.45) is 0.734. The monoisotopic (exact) mass is 312 g/mol. The Morgan fingerprint density at radius 1 is 1.09 bits per heavy atom. The van der Waals surface area contributed by atoms with Gasteiger partial charge in [0.25, 0.3) is 0 Å². The maximum atomic E-state index is 12.2. The first-order valence-electron chi connectivity index (χ1n) is 7.92. The smallest absolute Gasteiger partial charge is 0.227 e. The van der Waals surface area contributed by atoms with Crippen LogP contribution in [0.4, 0.5) is 0 Å². The topological polar surface area (TPSA) is 68.2 Å². The Balaban J connectivity index is 2.33. The molecule has 1 heterocycles. The van der Waals surface area contributed by atoms with Crippen molar-refractivity contribution in [2.75, 3.05) is 0 Å². The molecule has 2 aromatic rings. The quantitative estimate of drug-likeness (QED) is 0.894. The van der Waals surface area contributed by atoms with Crippen LogP contribution in [0.1, 0.15) is 49.7 Å². The Morgan fingerprint density at radius 3 is 2.13 bits per heavy atom. The lowest BCUT2D eigenvalue weighted by molar-refractivity contribution is -0.123. The second-order valence-corrected chi connectivity index (χ2v) is 7.53. The van der Waals surface area contributed by atoms with Crippen LogP contribution < -0.4 is 5.73 Å². The lowest BCUT2D eigenvalue weighted by atomic mass is 9.79. The van der Waals surface area contributed by atoms with Crippen molar-refractivity contribution in [2.24, 2.45) is 5.73 Å². The highest BCUT2D eigenvalue weighted by Gasteiger charge is 2.52. The van der Waals surface area contributed by atoms with E-state index in [0.29, 0.717) is 0 Å². The van der Waals surface area contributed by atoms with Gasteiger partial charge in [0.05, 0.1) is 5.41 Å². The average Bonchev–Trinajstić information content (AvgIpc) is 2.84. The fraction of sp³-hybridized carbons (Fsp3) is 0.421. The fourth-order valence-corrected chi connectivity index (χ4v) is 4.60. The molecule has 1 amide bonds. The largest absolute Gasteiger partial charge is 0.508 e. The number of hydrogen-bond acceptors (Lipinski definition) is 2. The first-order valence-corrected chi connectivity index (χ1v) is 7.92. The van der Waals surface area contributed by atoms with Gasteiger partial charge in [-0.05, 0) is 68.0 Å². The molecule has 1 aromatic carbocycles. The zero-order valence-corrected chi connectivity index (χ0v) is 14.4. The molecule has 4 heteroatoms. The molecule has 1 aromatic heterocycles. The molecule has 0 bridgehead atoms. The first kappa shape index (κ1) is 15.7. The van der Waals surface area contributed by atoms with E-state index in [9.17, 15) is 9.90 Å². The summed E-state index contributed by atoms with van der Waals surface area (Å²) in [5.74, 6) is -0.0265. The Hall–Kier alpha value is -2.23. The highest BCUT2D eigenvalue weighted by atomic mass is 16.3. The normalized spacial score (nSPS) is 22.1. The zero-order valence-electron chi connectivity index (χ0n) is 14.4. The second-order valence-electron chi connectivity index (χ2n) is 7.53. The van der Waals surface area contributed by atoms with Crippen LogP contribution >= 0.6 is 0 Å². The van der Waals surface area contributed by atoms with Gasteiger partial charge in [-0.25, -0.2) is 0 Å². The number of phenols is 1. The predicted octanol–water partition coefficient (Wildman–Crippen LogP) is 3.22. The fourth-order valence-electron chi connectivity index (χ4n) is 4.60. The number of phenolic OH excluding ortho intramolecular Hbond substituents is 1. The molecule has 0 fully saturated rings. The third-order valence-electron chi connectivity index (χ3n) is 5.32. The summed E-state index contributed by atoms with van der Waals surface area (Å²) in [5, 5.41) is 9.53. The third-order valence-corrected chi connectivity index (χ3v) is 5.32. The Bertz CT molecular complexity index is 800. The molecule has 4 nitrogen and oxygen atoms in total. The summed E-state index contributed by atoms with van der Waals surface area (Å²) in [7, 11) is 0. The van der Waals surface area contributed by atoms with Gasteiger partial charge in [0, 0.05) is 17.1 Å². The lowest BCUT2D eigenvalue weighted by Gasteiger charge is -2.27. The van der Waals surface area contributed by atoms with E-state index in [4.69, 9.17) is 5.73 Å². The highest BCUT2D eigenvalue weighted by molar-refractivity contribution is 5.89. The molecule has 1 atom stereocenters. The minimum absolute atomic E-state index is 0.101. The number of aromatic hydroxyl groups is 1. The van der Waals surface area contributed by atoms with E-state index in [2.05, 4.69) is 25.3 Å². The molecule has 1 aliphatic rings. The zero-order chi connectivity index (χ0) is 17.2. The van der Waals surface area contributed by atoms with Crippen molar-refractivity contribution >= 4 is 5.91 Å². The molecular formula is C19H24N2O2. The van der Waals surface area contributed by atoms with Crippen LogP contribution in [0, 0.1) is 13.8 Å². The number of hydrogen-bond donors (Lipinski definition) is 2. The van der Waals surface area contributed by atoms with Gasteiger partial charge in [0.1, 0.15) is 5.75 Å². The van der Waals surface area contributed by atoms with Gasteiger partial charge in [0.15, 0.2) is 0 Å². The second kappa shape index (κ2) is 4.63. The van der Waals surface area contributed by atoms with E-state index in [-0.39, 0.29) is 17.1 Å². The summed E-state index contributed by atoms with van der Waals surface area (Å²) in [6.45, 7) is 10.4. The van der Waals surface area contributed by atoms with Gasteiger partial charge in [-0.1, -0.05) is 13.8 Å². The van der Waals surface area contributed by atoms with Gasteiger partial charge in [-0.15, -0.1) is 0 Å². The van der Waals surface area contributed by atoms with Crippen LogP contribution in [0.25, 0.3) is 5.69 Å². The highest BCUT2D eigenvalue weighted by Crippen LogP contribution is 2.53. The van der Waals surface area contributed by atoms with Gasteiger partial charge in [-0.2, -0.15) is 0 Å². The number of carbonyl (C=O) groups is 1. The molecular weight excluding hydrogens is 288 g/mol. The molecule has 0 saturated carbocycles. The maximum Gasteiger partial charge on any atom is 0.227 e. The van der Waals surface area contributed by atoms with Gasteiger partial charge in [-0.3, -0.25) is 4.79 Å². The number of aromatic nitrogens is 1.